The molecule has 4 heteroatoms. The zero-order chi connectivity index (χ0) is 13.3. The van der Waals surface area contributed by atoms with E-state index < -0.39 is 0 Å². The first-order chi connectivity index (χ1) is 9.21. The van der Waals surface area contributed by atoms with Gasteiger partial charge in [0.25, 0.3) is 5.56 Å². The Morgan fingerprint density at radius 2 is 1.84 bits per heavy atom. The highest BCUT2D eigenvalue weighted by Gasteiger charge is 2.39. The predicted octanol–water partition coefficient (Wildman–Crippen LogP) is 2.21. The summed E-state index contributed by atoms with van der Waals surface area (Å²) in [6.07, 6.45) is 4.30. The van der Waals surface area contributed by atoms with Crippen LogP contribution in [0.5, 0.6) is 0 Å². The molecule has 1 fully saturated rings. The van der Waals surface area contributed by atoms with Crippen molar-refractivity contribution in [1.29, 1.82) is 0 Å². The summed E-state index contributed by atoms with van der Waals surface area (Å²) in [5.74, 6) is 1.00. The standard InChI is InChI=1S/C15H17N3O/c16-12-10-13(19)18-14(17-12)15(8-4-5-9-15)11-6-2-1-3-7-11/h1-3,6-7,10H,4-5,8-9H2,(H3,16,17,18,19). The zero-order valence-electron chi connectivity index (χ0n) is 10.7. The molecule has 0 unspecified atom stereocenters. The summed E-state index contributed by atoms with van der Waals surface area (Å²) in [6.45, 7) is 0. The van der Waals surface area contributed by atoms with Gasteiger partial charge in [-0.25, -0.2) is 4.98 Å². The van der Waals surface area contributed by atoms with Crippen molar-refractivity contribution in [3.05, 3.63) is 58.1 Å². The molecule has 0 aliphatic heterocycles. The third kappa shape index (κ3) is 2.03. The van der Waals surface area contributed by atoms with Gasteiger partial charge in [0, 0.05) is 6.07 Å². The molecule has 1 aromatic carbocycles. The van der Waals surface area contributed by atoms with Crippen LogP contribution in [-0.2, 0) is 5.41 Å². The van der Waals surface area contributed by atoms with Crippen molar-refractivity contribution in [3.63, 3.8) is 0 Å². The molecule has 0 atom stereocenters. The van der Waals surface area contributed by atoms with E-state index in [1.165, 1.54) is 11.6 Å². The fraction of sp³-hybridized carbons (Fsp3) is 0.333. The fourth-order valence-electron chi connectivity index (χ4n) is 3.10. The maximum absolute atomic E-state index is 11.7. The number of nitrogens with zero attached hydrogens (tertiary/aromatic N) is 1. The van der Waals surface area contributed by atoms with Crippen LogP contribution in [-0.4, -0.2) is 9.97 Å². The van der Waals surface area contributed by atoms with Crippen LogP contribution in [0.4, 0.5) is 5.82 Å². The highest BCUT2D eigenvalue weighted by Crippen LogP contribution is 2.44. The Bertz CT molecular complexity index is 627. The molecule has 98 valence electrons. The molecular formula is C15H17N3O. The third-order valence-electron chi connectivity index (χ3n) is 4.00. The summed E-state index contributed by atoms with van der Waals surface area (Å²) >= 11 is 0. The number of aromatic nitrogens is 2. The lowest BCUT2D eigenvalue weighted by molar-refractivity contribution is 0.498. The predicted molar refractivity (Wildman–Crippen MR) is 75.0 cm³/mol. The van der Waals surface area contributed by atoms with Crippen molar-refractivity contribution >= 4 is 5.82 Å². The Labute approximate surface area is 111 Å². The first-order valence-corrected chi connectivity index (χ1v) is 6.64. The summed E-state index contributed by atoms with van der Waals surface area (Å²) < 4.78 is 0. The van der Waals surface area contributed by atoms with E-state index >= 15 is 0 Å². The van der Waals surface area contributed by atoms with E-state index in [0.717, 1.165) is 25.7 Å². The molecule has 1 saturated carbocycles. The Hall–Kier alpha value is -2.10. The Kier molecular flexibility index (Phi) is 2.85. The first-order valence-electron chi connectivity index (χ1n) is 6.64. The largest absolute Gasteiger partial charge is 0.383 e. The summed E-state index contributed by atoms with van der Waals surface area (Å²) in [5.41, 5.74) is 6.58. The number of benzene rings is 1. The van der Waals surface area contributed by atoms with Gasteiger partial charge >= 0.3 is 0 Å². The minimum absolute atomic E-state index is 0.176. The zero-order valence-corrected chi connectivity index (χ0v) is 10.7. The lowest BCUT2D eigenvalue weighted by atomic mass is 9.78. The smallest absolute Gasteiger partial charge is 0.252 e. The van der Waals surface area contributed by atoms with Crippen LogP contribution in [0, 0.1) is 0 Å². The molecule has 0 bridgehead atoms. The third-order valence-corrected chi connectivity index (χ3v) is 4.00. The van der Waals surface area contributed by atoms with Crippen LogP contribution in [0.25, 0.3) is 0 Å². The first kappa shape index (κ1) is 12.0. The molecule has 1 heterocycles. The molecule has 1 aliphatic carbocycles. The normalized spacial score (nSPS) is 17.5. The van der Waals surface area contributed by atoms with Gasteiger partial charge in [0.05, 0.1) is 5.41 Å². The summed E-state index contributed by atoms with van der Waals surface area (Å²) in [7, 11) is 0. The van der Waals surface area contributed by atoms with Crippen LogP contribution in [0.3, 0.4) is 0 Å². The van der Waals surface area contributed by atoms with Gasteiger partial charge in [0.1, 0.15) is 11.6 Å². The van der Waals surface area contributed by atoms with E-state index in [1.807, 2.05) is 18.2 Å². The highest BCUT2D eigenvalue weighted by molar-refractivity contribution is 5.37. The minimum atomic E-state index is -0.185. The van der Waals surface area contributed by atoms with Crippen LogP contribution in [0.2, 0.25) is 0 Å². The van der Waals surface area contributed by atoms with Crippen LogP contribution in [0.1, 0.15) is 37.1 Å². The van der Waals surface area contributed by atoms with Gasteiger partial charge in [0.2, 0.25) is 0 Å². The number of hydrogen-bond acceptors (Lipinski definition) is 3. The minimum Gasteiger partial charge on any atom is -0.383 e. The Balaban J connectivity index is 2.18. The van der Waals surface area contributed by atoms with Crippen LogP contribution >= 0.6 is 0 Å². The van der Waals surface area contributed by atoms with E-state index in [-0.39, 0.29) is 11.0 Å². The maximum Gasteiger partial charge on any atom is 0.252 e. The lowest BCUT2D eigenvalue weighted by Crippen LogP contribution is -2.29. The highest BCUT2D eigenvalue weighted by atomic mass is 16.1. The van der Waals surface area contributed by atoms with E-state index in [0.29, 0.717) is 11.6 Å². The quantitative estimate of drug-likeness (QED) is 0.864. The lowest BCUT2D eigenvalue weighted by Gasteiger charge is -2.28. The van der Waals surface area contributed by atoms with Crippen molar-refractivity contribution in [3.8, 4) is 0 Å². The summed E-state index contributed by atoms with van der Waals surface area (Å²) in [6, 6.07) is 11.6. The van der Waals surface area contributed by atoms with Gasteiger partial charge in [-0.05, 0) is 18.4 Å². The molecule has 3 N–H and O–H groups in total. The number of aromatic amines is 1. The Morgan fingerprint density at radius 3 is 2.47 bits per heavy atom. The van der Waals surface area contributed by atoms with Crippen LogP contribution in [0.15, 0.2) is 41.2 Å². The van der Waals surface area contributed by atoms with Crippen LogP contribution < -0.4 is 11.3 Å². The SMILES string of the molecule is Nc1cc(=O)[nH]c(C2(c3ccccc3)CCCC2)n1. The average molecular weight is 255 g/mol. The second-order valence-electron chi connectivity index (χ2n) is 5.17. The number of rotatable bonds is 2. The number of H-pyrrole nitrogens is 1. The van der Waals surface area contributed by atoms with Gasteiger partial charge in [-0.15, -0.1) is 0 Å². The molecule has 0 amide bonds. The number of nitrogen functional groups attached to an aromatic ring is 1. The van der Waals surface area contributed by atoms with Gasteiger partial charge < -0.3 is 10.7 Å². The van der Waals surface area contributed by atoms with Gasteiger partial charge in [-0.1, -0.05) is 43.2 Å². The molecular weight excluding hydrogens is 238 g/mol. The van der Waals surface area contributed by atoms with Crippen molar-refractivity contribution in [2.75, 3.05) is 5.73 Å². The second kappa shape index (κ2) is 4.53. The van der Waals surface area contributed by atoms with Gasteiger partial charge in [-0.2, -0.15) is 0 Å². The second-order valence-corrected chi connectivity index (χ2v) is 5.17. The monoisotopic (exact) mass is 255 g/mol. The molecule has 2 aromatic rings. The average Bonchev–Trinajstić information content (AvgIpc) is 2.89. The molecule has 0 radical (unpaired) electrons. The maximum atomic E-state index is 11.7. The topological polar surface area (TPSA) is 71.8 Å². The molecule has 4 nitrogen and oxygen atoms in total. The number of nitrogens with two attached hydrogens (primary N) is 1. The fourth-order valence-corrected chi connectivity index (χ4v) is 3.10. The number of anilines is 1. The van der Waals surface area contributed by atoms with Crippen molar-refractivity contribution < 1.29 is 0 Å². The van der Waals surface area contributed by atoms with E-state index in [9.17, 15) is 4.79 Å². The summed E-state index contributed by atoms with van der Waals surface area (Å²) in [5, 5.41) is 0. The van der Waals surface area contributed by atoms with Gasteiger partial charge in [-0.3, -0.25) is 4.79 Å². The Morgan fingerprint density at radius 1 is 1.16 bits per heavy atom. The van der Waals surface area contributed by atoms with E-state index in [2.05, 4.69) is 22.1 Å². The molecule has 0 spiro atoms. The summed E-state index contributed by atoms with van der Waals surface area (Å²) in [4.78, 5) is 18.9. The van der Waals surface area contributed by atoms with E-state index in [4.69, 9.17) is 5.73 Å². The molecule has 1 aromatic heterocycles. The van der Waals surface area contributed by atoms with Crippen molar-refractivity contribution in [1.82, 2.24) is 9.97 Å². The molecule has 0 saturated heterocycles. The molecule has 1 aliphatic rings. The van der Waals surface area contributed by atoms with Crippen molar-refractivity contribution in [2.45, 2.75) is 31.1 Å². The number of nitrogens with one attached hydrogen (secondary N) is 1. The molecule has 3 rings (SSSR count). The van der Waals surface area contributed by atoms with E-state index in [1.54, 1.807) is 0 Å². The molecule has 19 heavy (non-hydrogen) atoms. The van der Waals surface area contributed by atoms with Crippen molar-refractivity contribution in [2.24, 2.45) is 0 Å². The number of hydrogen-bond donors (Lipinski definition) is 2. The van der Waals surface area contributed by atoms with Gasteiger partial charge in [0.15, 0.2) is 0 Å².